The number of aliphatic hydroxyl groups is 1. The standard InChI is InChI=1S/C22H34N4O3/c1-23-19(27)16-25-14-7-12-22(24-2,18-8-4-3-5-9-18)13-15-26(20(25)28)17-21(29)10-6-11-21/h3-5,8-9,24,29H,6-7,10-17H2,1-2H3,(H,23,27)/t22-/m0/s1. The van der Waals surface area contributed by atoms with E-state index >= 15 is 0 Å². The molecule has 1 aromatic rings. The highest BCUT2D eigenvalue weighted by atomic mass is 16.3. The third-order valence-electron chi connectivity index (χ3n) is 6.57. The molecule has 29 heavy (non-hydrogen) atoms. The van der Waals surface area contributed by atoms with Crippen molar-refractivity contribution in [3.63, 3.8) is 0 Å². The number of β-amino-alcohol motifs (C(OH)–C–C–N with tert-alkyl or cyclic N) is 1. The average molecular weight is 403 g/mol. The van der Waals surface area contributed by atoms with E-state index in [9.17, 15) is 14.7 Å². The predicted molar refractivity (Wildman–Crippen MR) is 112 cm³/mol. The summed E-state index contributed by atoms with van der Waals surface area (Å²) in [5, 5.41) is 16.9. The second-order valence-electron chi connectivity index (χ2n) is 8.43. The fraction of sp³-hybridized carbons (Fsp3) is 0.636. The van der Waals surface area contributed by atoms with Crippen molar-refractivity contribution in [1.29, 1.82) is 0 Å². The number of likely N-dealkylation sites (N-methyl/N-ethyl adjacent to an activating group) is 1. The Balaban J connectivity index is 1.87. The lowest BCUT2D eigenvalue weighted by Gasteiger charge is -2.42. The molecule has 1 aliphatic carbocycles. The van der Waals surface area contributed by atoms with Gasteiger partial charge in [-0.05, 0) is 51.1 Å². The first-order chi connectivity index (χ1) is 13.9. The molecule has 160 valence electrons. The second kappa shape index (κ2) is 9.13. The van der Waals surface area contributed by atoms with Gasteiger partial charge in [0.1, 0.15) is 6.54 Å². The van der Waals surface area contributed by atoms with Crippen molar-refractivity contribution in [3.05, 3.63) is 35.9 Å². The van der Waals surface area contributed by atoms with E-state index in [4.69, 9.17) is 0 Å². The zero-order chi connectivity index (χ0) is 20.9. The molecule has 2 fully saturated rings. The van der Waals surface area contributed by atoms with Crippen molar-refractivity contribution in [3.8, 4) is 0 Å². The van der Waals surface area contributed by atoms with E-state index in [0.29, 0.717) is 19.6 Å². The van der Waals surface area contributed by atoms with Gasteiger partial charge in [-0.3, -0.25) is 4.79 Å². The molecular formula is C22H34N4O3. The Kier molecular flexibility index (Phi) is 6.80. The van der Waals surface area contributed by atoms with Crippen LogP contribution < -0.4 is 10.6 Å². The Labute approximate surface area is 173 Å². The quantitative estimate of drug-likeness (QED) is 0.676. The Hall–Kier alpha value is -2.12. The first-order valence-corrected chi connectivity index (χ1v) is 10.6. The van der Waals surface area contributed by atoms with Crippen LogP contribution in [0.25, 0.3) is 0 Å². The van der Waals surface area contributed by atoms with Gasteiger partial charge >= 0.3 is 6.03 Å². The van der Waals surface area contributed by atoms with Crippen molar-refractivity contribution in [2.24, 2.45) is 0 Å². The zero-order valence-electron chi connectivity index (χ0n) is 17.6. The maximum Gasteiger partial charge on any atom is 0.320 e. The molecule has 1 heterocycles. The van der Waals surface area contributed by atoms with Gasteiger partial charge in [-0.15, -0.1) is 0 Å². The van der Waals surface area contributed by atoms with Crippen LogP contribution in [0.2, 0.25) is 0 Å². The highest BCUT2D eigenvalue weighted by Gasteiger charge is 2.40. The first-order valence-electron chi connectivity index (χ1n) is 10.6. The molecule has 0 aromatic heterocycles. The van der Waals surface area contributed by atoms with Crippen LogP contribution in [0.4, 0.5) is 4.79 Å². The molecule has 1 saturated carbocycles. The summed E-state index contributed by atoms with van der Waals surface area (Å²) >= 11 is 0. The Morgan fingerprint density at radius 2 is 1.76 bits per heavy atom. The van der Waals surface area contributed by atoms with Gasteiger partial charge in [0.05, 0.1) is 12.1 Å². The van der Waals surface area contributed by atoms with Crippen LogP contribution in [-0.2, 0) is 10.3 Å². The van der Waals surface area contributed by atoms with Crippen molar-refractivity contribution in [2.45, 2.75) is 49.7 Å². The molecule has 0 radical (unpaired) electrons. The summed E-state index contributed by atoms with van der Waals surface area (Å²) in [7, 11) is 3.55. The van der Waals surface area contributed by atoms with E-state index in [2.05, 4.69) is 22.8 Å². The molecule has 1 saturated heterocycles. The minimum atomic E-state index is -0.794. The number of hydrogen-bond acceptors (Lipinski definition) is 4. The van der Waals surface area contributed by atoms with Gasteiger partial charge in [-0.25, -0.2) is 4.79 Å². The molecule has 7 nitrogen and oxygen atoms in total. The third kappa shape index (κ3) is 4.90. The van der Waals surface area contributed by atoms with Crippen LogP contribution in [0.1, 0.15) is 44.1 Å². The van der Waals surface area contributed by atoms with Crippen LogP contribution in [0.5, 0.6) is 0 Å². The van der Waals surface area contributed by atoms with E-state index < -0.39 is 5.60 Å². The van der Waals surface area contributed by atoms with Crippen molar-refractivity contribution in [1.82, 2.24) is 20.4 Å². The smallest absolute Gasteiger partial charge is 0.320 e. The van der Waals surface area contributed by atoms with E-state index in [1.54, 1.807) is 16.8 Å². The molecule has 0 bridgehead atoms. The molecule has 1 aliphatic heterocycles. The van der Waals surface area contributed by atoms with Crippen LogP contribution in [0.15, 0.2) is 30.3 Å². The second-order valence-corrected chi connectivity index (χ2v) is 8.43. The Morgan fingerprint density at radius 3 is 2.34 bits per heavy atom. The molecule has 7 heteroatoms. The maximum absolute atomic E-state index is 13.3. The molecule has 1 atom stereocenters. The van der Waals surface area contributed by atoms with Crippen molar-refractivity contribution >= 4 is 11.9 Å². The largest absolute Gasteiger partial charge is 0.388 e. The van der Waals surface area contributed by atoms with Gasteiger partial charge < -0.3 is 25.5 Å². The van der Waals surface area contributed by atoms with Gasteiger partial charge in [-0.1, -0.05) is 30.3 Å². The summed E-state index contributed by atoms with van der Waals surface area (Å²) in [6, 6.07) is 10.2. The lowest BCUT2D eigenvalue weighted by atomic mass is 9.79. The number of hydrogen-bond donors (Lipinski definition) is 3. The predicted octanol–water partition coefficient (Wildman–Crippen LogP) is 1.67. The number of carbonyl (C=O) groups excluding carboxylic acids is 2. The van der Waals surface area contributed by atoms with Gasteiger partial charge in [-0.2, -0.15) is 0 Å². The highest BCUT2D eigenvalue weighted by Crippen LogP contribution is 2.35. The van der Waals surface area contributed by atoms with Crippen LogP contribution in [0.3, 0.4) is 0 Å². The molecule has 3 amide bonds. The Bertz CT molecular complexity index is 707. The summed E-state index contributed by atoms with van der Waals surface area (Å²) in [6.45, 7) is 1.41. The Morgan fingerprint density at radius 1 is 1.03 bits per heavy atom. The SMILES string of the molecule is CNC(=O)CN1CCC[C@@](NC)(c2ccccc2)CCN(CC2(O)CCC2)C1=O. The molecule has 1 aromatic carbocycles. The van der Waals surface area contributed by atoms with Crippen LogP contribution in [0, 0.1) is 0 Å². The summed E-state index contributed by atoms with van der Waals surface area (Å²) in [6.07, 6.45) is 4.85. The number of amides is 3. The highest BCUT2D eigenvalue weighted by molar-refractivity contribution is 5.84. The summed E-state index contributed by atoms with van der Waals surface area (Å²) < 4.78 is 0. The first kappa shape index (κ1) is 21.6. The number of urea groups is 1. The topological polar surface area (TPSA) is 84.9 Å². The summed E-state index contributed by atoms with van der Waals surface area (Å²) in [5.74, 6) is -0.178. The van der Waals surface area contributed by atoms with Gasteiger partial charge in [0.2, 0.25) is 5.91 Å². The minimum absolute atomic E-state index is 0.0438. The van der Waals surface area contributed by atoms with Gasteiger partial charge in [0.25, 0.3) is 0 Å². The van der Waals surface area contributed by atoms with Gasteiger partial charge in [0.15, 0.2) is 0 Å². The number of benzene rings is 1. The fourth-order valence-corrected chi connectivity index (χ4v) is 4.50. The number of rotatable bonds is 6. The summed E-state index contributed by atoms with van der Waals surface area (Å²) in [5.41, 5.74) is 0.166. The van der Waals surface area contributed by atoms with Crippen molar-refractivity contribution < 1.29 is 14.7 Å². The molecule has 0 unspecified atom stereocenters. The fourth-order valence-electron chi connectivity index (χ4n) is 4.50. The zero-order valence-corrected chi connectivity index (χ0v) is 17.6. The molecule has 0 spiro atoms. The summed E-state index contributed by atoms with van der Waals surface area (Å²) in [4.78, 5) is 28.7. The number of carbonyl (C=O) groups is 2. The lowest BCUT2D eigenvalue weighted by Crippen LogP contribution is -2.55. The van der Waals surface area contributed by atoms with E-state index in [1.807, 2.05) is 25.2 Å². The van der Waals surface area contributed by atoms with E-state index in [0.717, 1.165) is 38.5 Å². The molecule has 3 rings (SSSR count). The molecular weight excluding hydrogens is 368 g/mol. The van der Waals surface area contributed by atoms with Crippen molar-refractivity contribution in [2.75, 3.05) is 40.3 Å². The molecule has 3 N–H and O–H groups in total. The van der Waals surface area contributed by atoms with Crippen LogP contribution >= 0.6 is 0 Å². The average Bonchev–Trinajstić information content (AvgIpc) is 2.78. The molecule has 2 aliphatic rings. The number of nitrogens with zero attached hydrogens (tertiary/aromatic N) is 2. The lowest BCUT2D eigenvalue weighted by molar-refractivity contribution is -0.121. The normalized spacial score (nSPS) is 24.9. The minimum Gasteiger partial charge on any atom is -0.388 e. The van der Waals surface area contributed by atoms with Crippen LogP contribution in [-0.4, -0.2) is 72.7 Å². The third-order valence-corrected chi connectivity index (χ3v) is 6.57. The monoisotopic (exact) mass is 402 g/mol. The van der Waals surface area contributed by atoms with Gasteiger partial charge in [0, 0.05) is 25.7 Å². The van der Waals surface area contributed by atoms with E-state index in [1.165, 1.54) is 5.56 Å². The van der Waals surface area contributed by atoms with E-state index in [-0.39, 0.29) is 24.0 Å². The number of nitrogens with one attached hydrogen (secondary N) is 2. The maximum atomic E-state index is 13.3.